The first kappa shape index (κ1) is 12.7. The number of hydrogen-bond donors (Lipinski definition) is 0. The van der Waals surface area contributed by atoms with Gasteiger partial charge in [0.05, 0.1) is 6.04 Å². The van der Waals surface area contributed by atoms with Crippen molar-refractivity contribution in [1.82, 2.24) is 9.80 Å². The normalized spacial score (nSPS) is 36.0. The van der Waals surface area contributed by atoms with Crippen LogP contribution < -0.4 is 0 Å². The zero-order valence-corrected chi connectivity index (χ0v) is 12.6. The van der Waals surface area contributed by atoms with E-state index in [2.05, 4.69) is 24.3 Å². The minimum absolute atomic E-state index is 0.0217. The Bertz CT molecular complexity index is 647. The summed E-state index contributed by atoms with van der Waals surface area (Å²) in [6.45, 7) is 0.754. The van der Waals surface area contributed by atoms with Crippen molar-refractivity contribution in [3.05, 3.63) is 35.4 Å². The zero-order chi connectivity index (χ0) is 14.8. The number of nitrogens with zero attached hydrogens (tertiary/aromatic N) is 2. The molecule has 0 aromatic heterocycles. The molecule has 0 bridgehead atoms. The number of benzene rings is 1. The molecule has 2 aliphatic carbocycles. The summed E-state index contributed by atoms with van der Waals surface area (Å²) in [4.78, 5) is 28.9. The summed E-state index contributed by atoms with van der Waals surface area (Å²) in [6.07, 6.45) is 5.13. The third-order valence-electron chi connectivity index (χ3n) is 6.06. The van der Waals surface area contributed by atoms with Crippen LogP contribution >= 0.6 is 0 Å². The van der Waals surface area contributed by atoms with Gasteiger partial charge in [-0.05, 0) is 49.1 Å². The number of piperidine rings is 1. The molecule has 1 saturated carbocycles. The van der Waals surface area contributed by atoms with Gasteiger partial charge in [0, 0.05) is 12.5 Å². The quantitative estimate of drug-likeness (QED) is 0.747. The van der Waals surface area contributed by atoms with Gasteiger partial charge in [-0.25, -0.2) is 4.79 Å². The number of urea groups is 1. The first-order valence-electron chi connectivity index (χ1n) is 8.49. The van der Waals surface area contributed by atoms with Gasteiger partial charge in [0.15, 0.2) is 0 Å². The topological polar surface area (TPSA) is 40.6 Å². The molecule has 1 aromatic rings. The fourth-order valence-corrected chi connectivity index (χ4v) is 4.97. The number of hydrogen-bond acceptors (Lipinski definition) is 2. The van der Waals surface area contributed by atoms with Gasteiger partial charge in [0.2, 0.25) is 0 Å². The zero-order valence-electron chi connectivity index (χ0n) is 12.6. The summed E-state index contributed by atoms with van der Waals surface area (Å²) >= 11 is 0. The lowest BCUT2D eigenvalue weighted by Gasteiger charge is -2.26. The summed E-state index contributed by atoms with van der Waals surface area (Å²) in [5, 5.41) is 0. The van der Waals surface area contributed by atoms with Crippen molar-refractivity contribution in [3.8, 4) is 0 Å². The molecule has 22 heavy (non-hydrogen) atoms. The smallest absolute Gasteiger partial charge is 0.312 e. The van der Waals surface area contributed by atoms with Crippen LogP contribution in [0.4, 0.5) is 4.79 Å². The van der Waals surface area contributed by atoms with Gasteiger partial charge >= 0.3 is 6.03 Å². The number of carbonyl (C=O) groups excluding carboxylic acids is 2. The van der Waals surface area contributed by atoms with Gasteiger partial charge in [0.1, 0.15) is 6.04 Å². The predicted molar refractivity (Wildman–Crippen MR) is 81.4 cm³/mol. The van der Waals surface area contributed by atoms with E-state index in [1.54, 1.807) is 4.90 Å². The molecule has 0 N–H and O–H groups in total. The van der Waals surface area contributed by atoms with E-state index in [1.165, 1.54) is 11.1 Å². The van der Waals surface area contributed by atoms with E-state index in [-0.39, 0.29) is 24.0 Å². The van der Waals surface area contributed by atoms with Gasteiger partial charge < -0.3 is 4.90 Å². The molecule has 4 atom stereocenters. The Morgan fingerprint density at radius 3 is 2.77 bits per heavy atom. The van der Waals surface area contributed by atoms with E-state index < -0.39 is 0 Å². The van der Waals surface area contributed by atoms with Gasteiger partial charge in [-0.2, -0.15) is 0 Å². The van der Waals surface area contributed by atoms with Gasteiger partial charge in [-0.15, -0.1) is 0 Å². The van der Waals surface area contributed by atoms with Crippen molar-refractivity contribution >= 4 is 11.9 Å². The highest BCUT2D eigenvalue weighted by atomic mass is 16.2. The molecule has 3 amide bonds. The molecule has 1 aromatic carbocycles. The van der Waals surface area contributed by atoms with E-state index >= 15 is 0 Å². The minimum atomic E-state index is -0.167. The first-order valence-corrected chi connectivity index (χ1v) is 8.49. The van der Waals surface area contributed by atoms with Gasteiger partial charge in [-0.3, -0.25) is 9.69 Å². The maximum absolute atomic E-state index is 12.8. The van der Waals surface area contributed by atoms with Crippen molar-refractivity contribution in [2.45, 2.75) is 50.1 Å². The molecule has 2 saturated heterocycles. The number of imide groups is 1. The molecular weight excluding hydrogens is 276 g/mol. The highest BCUT2D eigenvalue weighted by molar-refractivity contribution is 6.05. The molecule has 4 aliphatic rings. The number of fused-ring (bicyclic) bond motifs is 4. The summed E-state index contributed by atoms with van der Waals surface area (Å²) in [6, 6.07) is 8.47. The molecule has 4 heteroatoms. The lowest BCUT2D eigenvalue weighted by Crippen LogP contribution is -2.39. The van der Waals surface area contributed by atoms with Crippen LogP contribution in [0, 0.1) is 5.92 Å². The maximum Gasteiger partial charge on any atom is 0.327 e. The molecule has 0 radical (unpaired) electrons. The fraction of sp³-hybridized carbons (Fsp3) is 0.556. The second kappa shape index (κ2) is 4.34. The first-order chi connectivity index (χ1) is 10.8. The molecule has 2 aliphatic heterocycles. The third kappa shape index (κ3) is 1.53. The Morgan fingerprint density at radius 1 is 1.05 bits per heavy atom. The highest BCUT2D eigenvalue weighted by Gasteiger charge is 2.62. The summed E-state index contributed by atoms with van der Waals surface area (Å²) < 4.78 is 0. The molecule has 4 nitrogen and oxygen atoms in total. The van der Waals surface area contributed by atoms with Crippen LogP contribution in [0.2, 0.25) is 0 Å². The summed E-state index contributed by atoms with van der Waals surface area (Å²) in [5.74, 6) is 0.949. The van der Waals surface area contributed by atoms with Crippen molar-refractivity contribution < 1.29 is 9.59 Å². The van der Waals surface area contributed by atoms with Crippen LogP contribution in [0.3, 0.4) is 0 Å². The Hall–Kier alpha value is -1.84. The summed E-state index contributed by atoms with van der Waals surface area (Å²) in [7, 11) is 0. The predicted octanol–water partition coefficient (Wildman–Crippen LogP) is 2.53. The number of rotatable bonds is 1. The molecular formula is C18H20N2O2. The Balaban J connectivity index is 1.47. The van der Waals surface area contributed by atoms with Crippen LogP contribution in [-0.4, -0.2) is 40.4 Å². The summed E-state index contributed by atoms with van der Waals surface area (Å²) in [5.41, 5.74) is 2.78. The average molecular weight is 296 g/mol. The van der Waals surface area contributed by atoms with E-state index in [9.17, 15) is 9.59 Å². The standard InChI is InChI=1S/C18H20N2O2/c21-17-14-7-3-4-10-19(14)18(22)20(17)16-13-9-8-11-5-1-2-6-12(11)15(13)16/h1-2,5-6,13-16H,3-4,7-10H2/t13-,14-,15+,16+/m0/s1. The SMILES string of the molecule is O=C1[C@@H]2CCCCN2C(=O)N1[C@@H]1[C@H]2CCc3ccccc3[C@H]21. The van der Waals surface area contributed by atoms with Crippen LogP contribution in [0.25, 0.3) is 0 Å². The van der Waals surface area contributed by atoms with Crippen LogP contribution in [0.15, 0.2) is 24.3 Å². The van der Waals surface area contributed by atoms with Gasteiger partial charge in [0.25, 0.3) is 5.91 Å². The van der Waals surface area contributed by atoms with E-state index in [0.29, 0.717) is 11.8 Å². The number of amides is 3. The Labute approximate surface area is 130 Å². The molecule has 114 valence electrons. The van der Waals surface area contributed by atoms with Gasteiger partial charge in [-0.1, -0.05) is 24.3 Å². The van der Waals surface area contributed by atoms with Crippen molar-refractivity contribution in [1.29, 1.82) is 0 Å². The van der Waals surface area contributed by atoms with Crippen molar-refractivity contribution in [2.75, 3.05) is 6.54 Å². The highest BCUT2D eigenvalue weighted by Crippen LogP contribution is 2.58. The van der Waals surface area contributed by atoms with Crippen LogP contribution in [0.5, 0.6) is 0 Å². The van der Waals surface area contributed by atoms with Crippen LogP contribution in [0.1, 0.15) is 42.7 Å². The molecule has 3 fully saturated rings. The maximum atomic E-state index is 12.8. The van der Waals surface area contributed by atoms with Crippen molar-refractivity contribution in [3.63, 3.8) is 0 Å². The lowest BCUT2D eigenvalue weighted by molar-refractivity contribution is -0.129. The minimum Gasteiger partial charge on any atom is -0.312 e. The van der Waals surface area contributed by atoms with E-state index in [1.807, 2.05) is 4.90 Å². The molecule has 0 spiro atoms. The second-order valence-corrected chi connectivity index (χ2v) is 7.11. The Kier molecular flexibility index (Phi) is 2.50. The average Bonchev–Trinajstić information content (AvgIpc) is 3.23. The molecule has 2 heterocycles. The Morgan fingerprint density at radius 2 is 1.91 bits per heavy atom. The molecule has 5 rings (SSSR count). The number of carbonyl (C=O) groups is 2. The largest absolute Gasteiger partial charge is 0.327 e. The third-order valence-corrected chi connectivity index (χ3v) is 6.06. The lowest BCUT2D eigenvalue weighted by atomic mass is 9.92. The van der Waals surface area contributed by atoms with E-state index in [4.69, 9.17) is 0 Å². The number of aryl methyl sites for hydroxylation is 1. The molecule has 0 unspecified atom stereocenters. The van der Waals surface area contributed by atoms with Crippen LogP contribution in [-0.2, 0) is 11.2 Å². The fourth-order valence-electron chi connectivity index (χ4n) is 4.97. The monoisotopic (exact) mass is 296 g/mol. The van der Waals surface area contributed by atoms with Crippen molar-refractivity contribution in [2.24, 2.45) is 5.92 Å². The second-order valence-electron chi connectivity index (χ2n) is 7.11. The van der Waals surface area contributed by atoms with E-state index in [0.717, 1.165) is 38.6 Å².